The normalized spacial score (nSPS) is 13.8. The molecule has 0 bridgehead atoms. The number of rotatable bonds is 1. The molecule has 1 aliphatic rings. The van der Waals surface area contributed by atoms with Gasteiger partial charge in [-0.05, 0) is 36.6 Å². The Morgan fingerprint density at radius 2 is 2.00 bits per heavy atom. The minimum absolute atomic E-state index is 0.0200. The van der Waals surface area contributed by atoms with E-state index in [2.05, 4.69) is 4.98 Å². The third-order valence-corrected chi connectivity index (χ3v) is 3.46. The number of carbonyl (C=O) groups is 1. The van der Waals surface area contributed by atoms with Crippen LogP contribution in [0.5, 0.6) is 0 Å². The number of carbonyl (C=O) groups excluding carboxylic acids is 1. The van der Waals surface area contributed by atoms with Crippen LogP contribution in [0.25, 0.3) is 0 Å². The fourth-order valence-corrected chi connectivity index (χ4v) is 2.56. The summed E-state index contributed by atoms with van der Waals surface area (Å²) < 4.78 is 0. The predicted molar refractivity (Wildman–Crippen MR) is 78.5 cm³/mol. The number of anilines is 2. The number of hydrogen-bond acceptors (Lipinski definition) is 4. The first-order chi connectivity index (χ1) is 10.0. The van der Waals surface area contributed by atoms with E-state index < -0.39 is 17.2 Å². The van der Waals surface area contributed by atoms with Crippen LogP contribution in [-0.2, 0) is 6.42 Å². The van der Waals surface area contributed by atoms with Gasteiger partial charge in [-0.1, -0.05) is 0 Å². The van der Waals surface area contributed by atoms with Crippen LogP contribution >= 0.6 is 0 Å². The number of H-pyrrole nitrogens is 2. The van der Waals surface area contributed by atoms with Crippen LogP contribution in [0.1, 0.15) is 22.5 Å². The summed E-state index contributed by atoms with van der Waals surface area (Å²) >= 11 is 0. The molecule has 0 saturated carbocycles. The average Bonchev–Trinajstić information content (AvgIpc) is 2.44. The highest BCUT2D eigenvalue weighted by molar-refractivity contribution is 6.05. The van der Waals surface area contributed by atoms with Gasteiger partial charge in [-0.15, -0.1) is 0 Å². The Hall–Kier alpha value is -2.83. The second-order valence-corrected chi connectivity index (χ2v) is 4.95. The summed E-state index contributed by atoms with van der Waals surface area (Å²) in [5.74, 6) is -0.399. The number of amides is 1. The number of nitrogens with zero attached hydrogens (tertiary/aromatic N) is 1. The van der Waals surface area contributed by atoms with Crippen molar-refractivity contribution >= 4 is 17.3 Å². The van der Waals surface area contributed by atoms with Gasteiger partial charge >= 0.3 is 5.69 Å². The van der Waals surface area contributed by atoms with Crippen molar-refractivity contribution in [2.45, 2.75) is 12.8 Å². The molecule has 3 rings (SSSR count). The van der Waals surface area contributed by atoms with Crippen molar-refractivity contribution in [2.24, 2.45) is 0 Å². The third kappa shape index (κ3) is 2.45. The standard InChI is InChI=1S/C14H14N4O3/c15-9-3-4-11-8(6-9)2-1-5-18(11)13(20)10-7-12(19)17-14(21)16-10/h3-4,6-7H,1-2,5,15H2,(H2,16,17,19,21). The topological polar surface area (TPSA) is 112 Å². The fraction of sp³-hybridized carbons (Fsp3) is 0.214. The number of hydrogen-bond donors (Lipinski definition) is 3. The number of nitrogens with one attached hydrogen (secondary N) is 2. The highest BCUT2D eigenvalue weighted by Gasteiger charge is 2.24. The first-order valence-corrected chi connectivity index (χ1v) is 6.58. The van der Waals surface area contributed by atoms with Crippen molar-refractivity contribution in [1.29, 1.82) is 0 Å². The molecule has 1 aromatic heterocycles. The molecule has 2 heterocycles. The highest BCUT2D eigenvalue weighted by Crippen LogP contribution is 2.29. The van der Waals surface area contributed by atoms with Gasteiger partial charge in [0.05, 0.1) is 0 Å². The number of fused-ring (bicyclic) bond motifs is 1. The van der Waals surface area contributed by atoms with Gasteiger partial charge in [-0.3, -0.25) is 14.6 Å². The maximum absolute atomic E-state index is 12.5. The summed E-state index contributed by atoms with van der Waals surface area (Å²) in [6.45, 7) is 0.532. The Bertz CT molecular complexity index is 793. The first-order valence-electron chi connectivity index (χ1n) is 6.58. The summed E-state index contributed by atoms with van der Waals surface area (Å²) in [6, 6.07) is 6.45. The van der Waals surface area contributed by atoms with Crippen molar-refractivity contribution in [1.82, 2.24) is 9.97 Å². The van der Waals surface area contributed by atoms with Crippen LogP contribution in [0.15, 0.2) is 33.9 Å². The smallest absolute Gasteiger partial charge is 0.326 e. The largest absolute Gasteiger partial charge is 0.399 e. The number of aromatic amines is 2. The molecule has 7 heteroatoms. The van der Waals surface area contributed by atoms with Crippen LogP contribution in [0.3, 0.4) is 0 Å². The van der Waals surface area contributed by atoms with Gasteiger partial charge < -0.3 is 15.6 Å². The number of nitrogens with two attached hydrogens (primary N) is 1. The van der Waals surface area contributed by atoms with Crippen molar-refractivity contribution in [3.63, 3.8) is 0 Å². The minimum atomic E-state index is -0.694. The van der Waals surface area contributed by atoms with Gasteiger partial charge in [-0.25, -0.2) is 4.79 Å². The zero-order valence-corrected chi connectivity index (χ0v) is 11.2. The minimum Gasteiger partial charge on any atom is -0.399 e. The van der Waals surface area contributed by atoms with Crippen molar-refractivity contribution in [2.75, 3.05) is 17.2 Å². The zero-order chi connectivity index (χ0) is 15.0. The van der Waals surface area contributed by atoms with Gasteiger partial charge in [0.15, 0.2) is 0 Å². The molecule has 0 saturated heterocycles. The van der Waals surface area contributed by atoms with Gasteiger partial charge in [0.2, 0.25) is 0 Å². The molecule has 2 aromatic rings. The average molecular weight is 286 g/mol. The van der Waals surface area contributed by atoms with E-state index in [1.807, 2.05) is 11.1 Å². The molecule has 21 heavy (non-hydrogen) atoms. The molecule has 108 valence electrons. The summed E-state index contributed by atoms with van der Waals surface area (Å²) in [5.41, 5.74) is 6.84. The Kier molecular flexibility index (Phi) is 3.09. The second kappa shape index (κ2) is 4.93. The predicted octanol–water partition coefficient (Wildman–Crippen LogP) is 0.238. The molecule has 0 unspecified atom stereocenters. The molecule has 1 amide bonds. The lowest BCUT2D eigenvalue weighted by Crippen LogP contribution is -2.38. The van der Waals surface area contributed by atoms with E-state index in [0.29, 0.717) is 12.2 Å². The first kappa shape index (κ1) is 13.2. The molecule has 0 atom stereocenters. The van der Waals surface area contributed by atoms with E-state index in [4.69, 9.17) is 5.73 Å². The molecule has 0 aliphatic carbocycles. The SMILES string of the molecule is Nc1ccc2c(c1)CCCN2C(=O)c1cc(=O)[nH]c(=O)[nH]1. The van der Waals surface area contributed by atoms with E-state index in [0.717, 1.165) is 30.2 Å². The molecular weight excluding hydrogens is 272 g/mol. The lowest BCUT2D eigenvalue weighted by molar-refractivity contribution is 0.0979. The van der Waals surface area contributed by atoms with E-state index >= 15 is 0 Å². The van der Waals surface area contributed by atoms with Crippen LogP contribution in [-0.4, -0.2) is 22.4 Å². The second-order valence-electron chi connectivity index (χ2n) is 4.95. The number of aryl methyl sites for hydroxylation is 1. The van der Waals surface area contributed by atoms with E-state index in [-0.39, 0.29) is 5.69 Å². The third-order valence-electron chi connectivity index (χ3n) is 3.46. The van der Waals surface area contributed by atoms with E-state index in [1.165, 1.54) is 0 Å². The molecule has 1 aliphatic heterocycles. The summed E-state index contributed by atoms with van der Waals surface area (Å²) in [5, 5.41) is 0. The molecule has 7 nitrogen and oxygen atoms in total. The summed E-state index contributed by atoms with van der Waals surface area (Å²) in [4.78, 5) is 41.1. The van der Waals surface area contributed by atoms with Crippen molar-refractivity contribution < 1.29 is 4.79 Å². The van der Waals surface area contributed by atoms with Crippen LogP contribution in [0, 0.1) is 0 Å². The van der Waals surface area contributed by atoms with Crippen LogP contribution in [0.4, 0.5) is 11.4 Å². The summed E-state index contributed by atoms with van der Waals surface area (Å²) in [6.07, 6.45) is 1.64. The zero-order valence-electron chi connectivity index (χ0n) is 11.2. The molecule has 0 fully saturated rings. The maximum atomic E-state index is 12.5. The number of nitrogen functional groups attached to an aromatic ring is 1. The lowest BCUT2D eigenvalue weighted by Gasteiger charge is -2.29. The molecule has 1 aromatic carbocycles. The van der Waals surface area contributed by atoms with Crippen molar-refractivity contribution in [3.8, 4) is 0 Å². The van der Waals surface area contributed by atoms with E-state index in [1.54, 1.807) is 17.0 Å². The lowest BCUT2D eigenvalue weighted by atomic mass is 10.0. The Labute approximate surface area is 119 Å². The van der Waals surface area contributed by atoms with Crippen LogP contribution < -0.4 is 21.9 Å². The summed E-state index contributed by atoms with van der Waals surface area (Å²) in [7, 11) is 0. The molecule has 4 N–H and O–H groups in total. The molecule has 0 spiro atoms. The van der Waals surface area contributed by atoms with Gasteiger partial charge in [0.25, 0.3) is 11.5 Å². The number of benzene rings is 1. The molecule has 0 radical (unpaired) electrons. The Morgan fingerprint density at radius 1 is 1.19 bits per heavy atom. The monoisotopic (exact) mass is 286 g/mol. The highest BCUT2D eigenvalue weighted by atomic mass is 16.2. The van der Waals surface area contributed by atoms with E-state index in [9.17, 15) is 14.4 Å². The fourth-order valence-electron chi connectivity index (χ4n) is 2.56. The van der Waals surface area contributed by atoms with Crippen LogP contribution in [0.2, 0.25) is 0 Å². The number of aromatic nitrogens is 2. The Balaban J connectivity index is 2.04. The van der Waals surface area contributed by atoms with Gasteiger partial charge in [0.1, 0.15) is 5.69 Å². The molecular formula is C14H14N4O3. The quantitative estimate of drug-likeness (QED) is 0.652. The van der Waals surface area contributed by atoms with Gasteiger partial charge in [-0.2, -0.15) is 0 Å². The Morgan fingerprint density at radius 3 is 2.76 bits per heavy atom. The van der Waals surface area contributed by atoms with Crippen molar-refractivity contribution in [3.05, 3.63) is 56.4 Å². The maximum Gasteiger partial charge on any atom is 0.326 e. The van der Waals surface area contributed by atoms with Gasteiger partial charge in [0, 0.05) is 24.0 Å².